The molecule has 2 aromatic heterocycles. The van der Waals surface area contributed by atoms with Gasteiger partial charge in [-0.15, -0.1) is 11.3 Å². The molecule has 0 radical (unpaired) electrons. The standard InChI is InChI=1S/C28H24N2O2S/c1-28(2,25(19-11-5-3-6-12-19)20-13-7-4-8-14-20)26(31)30-27-29-22(18-33-27)24-17-21-15-9-10-16-23(21)32-24/h3-18,25H,1-2H3,(H,29,30,31). The Morgan fingerprint density at radius 1 is 0.909 bits per heavy atom. The molecule has 164 valence electrons. The molecule has 0 fully saturated rings. The molecule has 4 nitrogen and oxygen atoms in total. The van der Waals surface area contributed by atoms with Crippen LogP contribution in [-0.2, 0) is 4.79 Å². The zero-order valence-electron chi connectivity index (χ0n) is 18.5. The van der Waals surface area contributed by atoms with Crippen molar-refractivity contribution in [2.45, 2.75) is 19.8 Å². The number of carbonyl (C=O) groups excluding carboxylic acids is 1. The minimum atomic E-state index is -0.714. The maximum atomic E-state index is 13.5. The van der Waals surface area contributed by atoms with Crippen LogP contribution in [0.15, 0.2) is 101 Å². The molecule has 2 heterocycles. The third-order valence-corrected chi connectivity index (χ3v) is 6.73. The van der Waals surface area contributed by atoms with Crippen molar-refractivity contribution in [3.8, 4) is 11.5 Å². The number of nitrogens with zero attached hydrogens (tertiary/aromatic N) is 1. The molecule has 33 heavy (non-hydrogen) atoms. The molecule has 0 saturated carbocycles. The first kappa shape index (κ1) is 21.2. The number of furan rings is 1. The fourth-order valence-electron chi connectivity index (χ4n) is 4.26. The van der Waals surface area contributed by atoms with Crippen molar-refractivity contribution >= 4 is 33.3 Å². The lowest BCUT2D eigenvalue weighted by Gasteiger charge is -2.33. The van der Waals surface area contributed by atoms with E-state index in [9.17, 15) is 4.79 Å². The molecule has 0 atom stereocenters. The molecule has 0 aliphatic rings. The molecule has 0 spiro atoms. The quantitative estimate of drug-likeness (QED) is 0.293. The van der Waals surface area contributed by atoms with E-state index >= 15 is 0 Å². The molecular weight excluding hydrogens is 428 g/mol. The lowest BCUT2D eigenvalue weighted by atomic mass is 9.70. The van der Waals surface area contributed by atoms with Crippen molar-refractivity contribution in [3.05, 3.63) is 108 Å². The number of anilines is 1. The third-order valence-electron chi connectivity index (χ3n) is 5.98. The number of para-hydroxylation sites is 1. The van der Waals surface area contributed by atoms with E-state index in [2.05, 4.69) is 34.6 Å². The number of rotatable bonds is 6. The number of carbonyl (C=O) groups is 1. The number of aromatic nitrogens is 1. The number of hydrogen-bond acceptors (Lipinski definition) is 4. The molecule has 0 aliphatic heterocycles. The predicted molar refractivity (Wildman–Crippen MR) is 134 cm³/mol. The van der Waals surface area contributed by atoms with Crippen molar-refractivity contribution in [1.82, 2.24) is 4.98 Å². The van der Waals surface area contributed by atoms with Crippen LogP contribution in [0.4, 0.5) is 5.13 Å². The van der Waals surface area contributed by atoms with Crippen LogP contribution in [0.5, 0.6) is 0 Å². The van der Waals surface area contributed by atoms with Crippen LogP contribution in [0.3, 0.4) is 0 Å². The molecule has 0 unspecified atom stereocenters. The number of amides is 1. The van der Waals surface area contributed by atoms with E-state index < -0.39 is 5.41 Å². The number of benzene rings is 3. The van der Waals surface area contributed by atoms with Gasteiger partial charge in [0.15, 0.2) is 10.9 Å². The first-order valence-electron chi connectivity index (χ1n) is 10.9. The van der Waals surface area contributed by atoms with Gasteiger partial charge >= 0.3 is 0 Å². The normalized spacial score (nSPS) is 11.7. The monoisotopic (exact) mass is 452 g/mol. The summed E-state index contributed by atoms with van der Waals surface area (Å²) in [7, 11) is 0. The Bertz CT molecular complexity index is 1310. The van der Waals surface area contributed by atoms with Crippen molar-refractivity contribution in [2.75, 3.05) is 5.32 Å². The fourth-order valence-corrected chi connectivity index (χ4v) is 4.95. The summed E-state index contributed by atoms with van der Waals surface area (Å²) in [6.45, 7) is 3.97. The van der Waals surface area contributed by atoms with E-state index in [0.29, 0.717) is 16.6 Å². The van der Waals surface area contributed by atoms with Crippen LogP contribution >= 0.6 is 11.3 Å². The summed E-state index contributed by atoms with van der Waals surface area (Å²) >= 11 is 1.40. The van der Waals surface area contributed by atoms with Crippen molar-refractivity contribution in [3.63, 3.8) is 0 Å². The van der Waals surface area contributed by atoms with E-state index in [4.69, 9.17) is 4.42 Å². The minimum absolute atomic E-state index is 0.0780. The Morgan fingerprint density at radius 3 is 2.15 bits per heavy atom. The van der Waals surface area contributed by atoms with Crippen LogP contribution in [0, 0.1) is 5.41 Å². The molecule has 1 amide bonds. The van der Waals surface area contributed by atoms with Gasteiger partial charge in [-0.1, -0.05) is 92.7 Å². The summed E-state index contributed by atoms with van der Waals surface area (Å²) in [4.78, 5) is 18.2. The molecule has 5 heteroatoms. The van der Waals surface area contributed by atoms with Crippen LogP contribution in [-0.4, -0.2) is 10.9 Å². The van der Waals surface area contributed by atoms with Gasteiger partial charge in [-0.25, -0.2) is 4.98 Å². The Hall–Kier alpha value is -3.70. The highest BCUT2D eigenvalue weighted by Gasteiger charge is 2.39. The average Bonchev–Trinajstić information content (AvgIpc) is 3.47. The summed E-state index contributed by atoms with van der Waals surface area (Å²) in [5.41, 5.74) is 3.03. The molecule has 0 saturated heterocycles. The second kappa shape index (κ2) is 8.68. The summed E-state index contributed by atoms with van der Waals surface area (Å²) in [6, 6.07) is 30.2. The first-order valence-corrected chi connectivity index (χ1v) is 11.8. The van der Waals surface area contributed by atoms with Crippen LogP contribution in [0.1, 0.15) is 30.9 Å². The van der Waals surface area contributed by atoms with Gasteiger partial charge in [0.1, 0.15) is 11.3 Å². The lowest BCUT2D eigenvalue weighted by molar-refractivity contribution is -0.124. The highest BCUT2D eigenvalue weighted by molar-refractivity contribution is 7.14. The topological polar surface area (TPSA) is 55.1 Å². The van der Waals surface area contributed by atoms with Gasteiger partial charge in [0.25, 0.3) is 0 Å². The van der Waals surface area contributed by atoms with Gasteiger partial charge in [-0.05, 0) is 23.3 Å². The minimum Gasteiger partial charge on any atom is -0.454 e. The summed E-state index contributed by atoms with van der Waals surface area (Å²) in [6.07, 6.45) is 0. The van der Waals surface area contributed by atoms with Crippen molar-refractivity contribution in [1.29, 1.82) is 0 Å². The van der Waals surface area contributed by atoms with Gasteiger partial charge in [-0.3, -0.25) is 4.79 Å². The number of hydrogen-bond donors (Lipinski definition) is 1. The molecular formula is C28H24N2O2S. The van der Waals surface area contributed by atoms with Gasteiger partial charge in [0.05, 0.1) is 5.41 Å². The highest BCUT2D eigenvalue weighted by Crippen LogP contribution is 2.42. The molecule has 3 aromatic carbocycles. The average molecular weight is 453 g/mol. The Morgan fingerprint density at radius 2 is 1.52 bits per heavy atom. The van der Waals surface area contributed by atoms with Crippen molar-refractivity contribution in [2.24, 2.45) is 5.41 Å². The first-order chi connectivity index (χ1) is 16.0. The van der Waals surface area contributed by atoms with E-state index in [1.165, 1.54) is 11.3 Å². The van der Waals surface area contributed by atoms with Crippen LogP contribution in [0.2, 0.25) is 0 Å². The molecule has 5 rings (SSSR count). The maximum absolute atomic E-state index is 13.5. The van der Waals surface area contributed by atoms with Gasteiger partial charge in [0, 0.05) is 16.7 Å². The lowest BCUT2D eigenvalue weighted by Crippen LogP contribution is -2.37. The van der Waals surface area contributed by atoms with Crippen LogP contribution < -0.4 is 5.32 Å². The molecule has 0 bridgehead atoms. The second-order valence-corrected chi connectivity index (χ2v) is 9.47. The maximum Gasteiger partial charge on any atom is 0.232 e. The van der Waals surface area contributed by atoms with E-state index in [1.807, 2.05) is 86.0 Å². The summed E-state index contributed by atoms with van der Waals surface area (Å²) in [5, 5.41) is 6.55. The molecule has 1 N–H and O–H groups in total. The summed E-state index contributed by atoms with van der Waals surface area (Å²) < 4.78 is 5.93. The third kappa shape index (κ3) is 4.20. The number of fused-ring (bicyclic) bond motifs is 1. The Balaban J connectivity index is 1.42. The molecule has 5 aromatic rings. The number of nitrogens with one attached hydrogen (secondary N) is 1. The van der Waals surface area contributed by atoms with Crippen molar-refractivity contribution < 1.29 is 9.21 Å². The highest BCUT2D eigenvalue weighted by atomic mass is 32.1. The largest absolute Gasteiger partial charge is 0.454 e. The Kier molecular flexibility index (Phi) is 5.56. The van der Waals surface area contributed by atoms with Gasteiger partial charge < -0.3 is 9.73 Å². The van der Waals surface area contributed by atoms with E-state index in [-0.39, 0.29) is 11.8 Å². The van der Waals surface area contributed by atoms with Crippen LogP contribution in [0.25, 0.3) is 22.4 Å². The predicted octanol–water partition coefficient (Wildman–Crippen LogP) is 7.35. The Labute approximate surface area is 196 Å². The SMILES string of the molecule is CC(C)(C(=O)Nc1nc(-c2cc3ccccc3o2)cs1)C(c1ccccc1)c1ccccc1. The number of thiazole rings is 1. The van der Waals surface area contributed by atoms with E-state index in [0.717, 1.165) is 22.1 Å². The summed E-state index contributed by atoms with van der Waals surface area (Å²) in [5.74, 6) is 0.513. The van der Waals surface area contributed by atoms with E-state index in [1.54, 1.807) is 0 Å². The fraction of sp³-hybridized carbons (Fsp3) is 0.143. The van der Waals surface area contributed by atoms with Gasteiger partial charge in [0.2, 0.25) is 5.91 Å². The zero-order chi connectivity index (χ0) is 22.8. The molecule has 0 aliphatic carbocycles. The van der Waals surface area contributed by atoms with Gasteiger partial charge in [-0.2, -0.15) is 0 Å². The second-order valence-electron chi connectivity index (χ2n) is 8.62. The zero-order valence-corrected chi connectivity index (χ0v) is 19.3. The smallest absolute Gasteiger partial charge is 0.232 e.